The number of H-pyrrole nitrogens is 1. The molecular weight excluding hydrogens is 302 g/mol. The molecule has 1 unspecified atom stereocenters. The fraction of sp³-hybridized carbons (Fsp3) is 0.158. The van der Waals surface area contributed by atoms with Crippen LogP contribution in [0.4, 0.5) is 11.4 Å². The fourth-order valence-electron chi connectivity index (χ4n) is 4.07. The number of hydrogen-bond acceptors (Lipinski definition) is 2. The Hall–Kier alpha value is -3.08. The van der Waals surface area contributed by atoms with Gasteiger partial charge in [-0.3, -0.25) is 9.59 Å². The Bertz CT molecular complexity index is 1050. The number of fused-ring (bicyclic) bond motifs is 3. The first-order valence-electron chi connectivity index (χ1n) is 7.92. The van der Waals surface area contributed by atoms with Gasteiger partial charge in [-0.1, -0.05) is 23.8 Å². The highest BCUT2D eigenvalue weighted by Crippen LogP contribution is 2.50. The Kier molecular flexibility index (Phi) is 2.37. The molecule has 1 aromatic heterocycles. The Morgan fingerprint density at radius 3 is 2.75 bits per heavy atom. The predicted molar refractivity (Wildman–Crippen MR) is 92.1 cm³/mol. The van der Waals surface area contributed by atoms with Gasteiger partial charge >= 0.3 is 0 Å². The molecule has 5 heteroatoms. The summed E-state index contributed by atoms with van der Waals surface area (Å²) in [7, 11) is 0. The lowest BCUT2D eigenvalue weighted by molar-refractivity contribution is -0.124. The lowest BCUT2D eigenvalue weighted by atomic mass is 9.72. The van der Waals surface area contributed by atoms with Crippen molar-refractivity contribution in [3.05, 3.63) is 59.3 Å². The highest BCUT2D eigenvalue weighted by molar-refractivity contribution is 6.17. The van der Waals surface area contributed by atoms with Gasteiger partial charge in [-0.2, -0.15) is 0 Å². The maximum atomic E-state index is 13.1. The van der Waals surface area contributed by atoms with E-state index in [1.807, 2.05) is 49.5 Å². The van der Waals surface area contributed by atoms with Crippen LogP contribution < -0.4 is 10.6 Å². The lowest BCUT2D eigenvalue weighted by Gasteiger charge is -2.25. The molecule has 0 radical (unpaired) electrons. The number of carbonyl (C=O) groups is 2. The molecule has 2 aromatic carbocycles. The summed E-state index contributed by atoms with van der Waals surface area (Å²) in [4.78, 5) is 28.9. The zero-order chi connectivity index (χ0) is 16.5. The van der Waals surface area contributed by atoms with Crippen LogP contribution in [0.3, 0.4) is 0 Å². The molecule has 5 nitrogen and oxygen atoms in total. The number of benzene rings is 2. The van der Waals surface area contributed by atoms with E-state index >= 15 is 0 Å². The zero-order valence-electron chi connectivity index (χ0n) is 13.1. The molecule has 2 amide bonds. The summed E-state index contributed by atoms with van der Waals surface area (Å²) in [6.07, 6.45) is 1.96. The number of hydrogen-bond donors (Lipinski definition) is 3. The minimum Gasteiger partial charge on any atom is -0.361 e. The van der Waals surface area contributed by atoms with Gasteiger partial charge in [-0.05, 0) is 30.7 Å². The van der Waals surface area contributed by atoms with Crippen molar-refractivity contribution in [3.63, 3.8) is 0 Å². The minimum absolute atomic E-state index is 0.0942. The third-order valence-corrected chi connectivity index (χ3v) is 5.14. The first-order valence-corrected chi connectivity index (χ1v) is 7.92. The number of carbonyl (C=O) groups excluding carboxylic acids is 2. The molecule has 3 aromatic rings. The van der Waals surface area contributed by atoms with Gasteiger partial charge in [0, 0.05) is 34.8 Å². The lowest BCUT2D eigenvalue weighted by Crippen LogP contribution is -2.38. The Morgan fingerprint density at radius 1 is 1.00 bits per heavy atom. The van der Waals surface area contributed by atoms with Gasteiger partial charge in [0.25, 0.3) is 0 Å². The van der Waals surface area contributed by atoms with Gasteiger partial charge in [0.1, 0.15) is 5.41 Å². The highest BCUT2D eigenvalue weighted by Gasteiger charge is 2.52. The van der Waals surface area contributed by atoms with Crippen LogP contribution >= 0.6 is 0 Å². The standard InChI is InChI=1S/C19H15N3O2/c1-10-5-6-13-11(7-10)19(18(24)22-13)8-16(23)21-15-4-2-3-14-17(15)12(19)9-20-14/h2-7,9,20H,8H2,1H3,(H,21,23)(H,22,24). The van der Waals surface area contributed by atoms with Crippen LogP contribution in [-0.2, 0) is 15.0 Å². The molecule has 2 aliphatic rings. The molecule has 0 aliphatic carbocycles. The normalized spacial score (nSPS) is 21.5. The third kappa shape index (κ3) is 1.49. The van der Waals surface area contributed by atoms with Gasteiger partial charge < -0.3 is 15.6 Å². The summed E-state index contributed by atoms with van der Waals surface area (Å²) < 4.78 is 0. The van der Waals surface area contributed by atoms with Crippen molar-refractivity contribution in [3.8, 4) is 0 Å². The number of nitrogens with one attached hydrogen (secondary N) is 3. The average molecular weight is 317 g/mol. The van der Waals surface area contributed by atoms with E-state index in [4.69, 9.17) is 0 Å². The van der Waals surface area contributed by atoms with E-state index in [0.29, 0.717) is 0 Å². The third-order valence-electron chi connectivity index (χ3n) is 5.14. The van der Waals surface area contributed by atoms with Gasteiger partial charge in [0.15, 0.2) is 0 Å². The summed E-state index contributed by atoms with van der Waals surface area (Å²) in [5.74, 6) is -0.293. The van der Waals surface area contributed by atoms with E-state index in [9.17, 15) is 9.59 Å². The summed E-state index contributed by atoms with van der Waals surface area (Å²) in [5.41, 5.74) is 4.25. The molecule has 0 fully saturated rings. The molecule has 24 heavy (non-hydrogen) atoms. The van der Waals surface area contributed by atoms with Crippen molar-refractivity contribution in [1.82, 2.24) is 4.98 Å². The number of aromatic nitrogens is 1. The van der Waals surface area contributed by atoms with Crippen molar-refractivity contribution in [2.45, 2.75) is 18.8 Å². The average Bonchev–Trinajstić information content (AvgIpc) is 3.05. The van der Waals surface area contributed by atoms with E-state index in [2.05, 4.69) is 15.6 Å². The van der Waals surface area contributed by atoms with Crippen LogP contribution in [0.2, 0.25) is 0 Å². The van der Waals surface area contributed by atoms with Crippen LogP contribution in [-0.4, -0.2) is 16.8 Å². The molecule has 3 N–H and O–H groups in total. The van der Waals surface area contributed by atoms with Crippen LogP contribution in [0.1, 0.15) is 23.1 Å². The Labute approximate surface area is 138 Å². The number of aryl methyl sites for hydroxylation is 1. The molecule has 5 rings (SSSR count). The zero-order valence-corrected chi connectivity index (χ0v) is 13.1. The second kappa shape index (κ2) is 4.26. The second-order valence-corrected chi connectivity index (χ2v) is 6.56. The summed E-state index contributed by atoms with van der Waals surface area (Å²) in [6, 6.07) is 11.6. The molecule has 2 aliphatic heterocycles. The topological polar surface area (TPSA) is 74.0 Å². The van der Waals surface area contributed by atoms with Gasteiger partial charge in [-0.25, -0.2) is 0 Å². The van der Waals surface area contributed by atoms with E-state index in [1.165, 1.54) is 0 Å². The quantitative estimate of drug-likeness (QED) is 0.596. The fourth-order valence-corrected chi connectivity index (χ4v) is 4.07. The van der Waals surface area contributed by atoms with Crippen LogP contribution in [0.15, 0.2) is 42.6 Å². The molecular formula is C19H15N3O2. The summed E-state index contributed by atoms with van der Waals surface area (Å²) >= 11 is 0. The van der Waals surface area contributed by atoms with Crippen molar-refractivity contribution in [2.24, 2.45) is 0 Å². The number of anilines is 2. The van der Waals surface area contributed by atoms with Gasteiger partial charge in [-0.15, -0.1) is 0 Å². The van der Waals surface area contributed by atoms with E-state index < -0.39 is 5.41 Å². The molecule has 1 spiro atoms. The smallest absolute Gasteiger partial charge is 0.240 e. The van der Waals surface area contributed by atoms with Crippen molar-refractivity contribution in [2.75, 3.05) is 10.6 Å². The Balaban J connectivity index is 1.93. The van der Waals surface area contributed by atoms with E-state index in [-0.39, 0.29) is 18.2 Å². The van der Waals surface area contributed by atoms with Crippen LogP contribution in [0, 0.1) is 6.92 Å². The van der Waals surface area contributed by atoms with Crippen LogP contribution in [0.25, 0.3) is 10.9 Å². The highest BCUT2D eigenvalue weighted by atomic mass is 16.2. The van der Waals surface area contributed by atoms with E-state index in [0.717, 1.165) is 39.0 Å². The Morgan fingerprint density at radius 2 is 1.88 bits per heavy atom. The summed E-state index contributed by atoms with van der Waals surface area (Å²) in [6.45, 7) is 1.99. The number of amides is 2. The SMILES string of the molecule is Cc1ccc2c(c1)C1(CC(=O)Nc3cccc4[nH]cc1c34)C(=O)N2. The number of rotatable bonds is 0. The monoisotopic (exact) mass is 317 g/mol. The largest absolute Gasteiger partial charge is 0.361 e. The molecule has 0 saturated carbocycles. The molecule has 118 valence electrons. The first-order chi connectivity index (χ1) is 11.6. The molecule has 0 saturated heterocycles. The van der Waals surface area contributed by atoms with Crippen molar-refractivity contribution < 1.29 is 9.59 Å². The first kappa shape index (κ1) is 13.4. The molecule has 1 atom stereocenters. The number of aromatic amines is 1. The van der Waals surface area contributed by atoms with E-state index in [1.54, 1.807) is 0 Å². The van der Waals surface area contributed by atoms with Crippen molar-refractivity contribution in [1.29, 1.82) is 0 Å². The maximum Gasteiger partial charge on any atom is 0.240 e. The predicted octanol–water partition coefficient (Wildman–Crippen LogP) is 3.06. The summed E-state index contributed by atoms with van der Waals surface area (Å²) in [5, 5.41) is 6.83. The molecule has 3 heterocycles. The van der Waals surface area contributed by atoms with Gasteiger partial charge in [0.2, 0.25) is 11.8 Å². The second-order valence-electron chi connectivity index (χ2n) is 6.56. The minimum atomic E-state index is -0.990. The molecule has 0 bridgehead atoms. The maximum absolute atomic E-state index is 13.1. The van der Waals surface area contributed by atoms with Crippen LogP contribution in [0.5, 0.6) is 0 Å². The van der Waals surface area contributed by atoms with Crippen molar-refractivity contribution >= 4 is 34.1 Å². The van der Waals surface area contributed by atoms with Gasteiger partial charge in [0.05, 0.1) is 5.69 Å².